The molecule has 1 N–H and O–H groups in total. The van der Waals surface area contributed by atoms with Crippen LogP contribution in [0.15, 0.2) is 41.6 Å². The number of carbonyl (C=O) groups is 2. The standard InChI is InChI=1S/C15H11ClN2O7S/c16-11-13(19)17-12(15(20)21)9(7-26(24,25)14(11)17)4-1-8-2-5-10(6-3-8)18(22)23/h1-6,11,14H,7H2,(H,20,21)/t11-,14+/m0/s1. The molecule has 26 heavy (non-hydrogen) atoms. The van der Waals surface area contributed by atoms with Crippen LogP contribution in [0.4, 0.5) is 5.69 Å². The van der Waals surface area contributed by atoms with Crippen molar-refractivity contribution < 1.29 is 28.0 Å². The van der Waals surface area contributed by atoms with Gasteiger partial charge in [-0.15, -0.1) is 11.6 Å². The number of fused-ring (bicyclic) bond motifs is 1. The van der Waals surface area contributed by atoms with Gasteiger partial charge in [0.1, 0.15) is 11.1 Å². The van der Waals surface area contributed by atoms with E-state index >= 15 is 0 Å². The number of nitro groups is 1. The summed E-state index contributed by atoms with van der Waals surface area (Å²) in [6.07, 6.45) is 2.69. The highest BCUT2D eigenvalue weighted by atomic mass is 35.5. The van der Waals surface area contributed by atoms with Crippen molar-refractivity contribution in [3.8, 4) is 0 Å². The summed E-state index contributed by atoms with van der Waals surface area (Å²) in [6, 6.07) is 5.38. The number of hydrogen-bond donors (Lipinski definition) is 1. The van der Waals surface area contributed by atoms with Crippen LogP contribution in [0.3, 0.4) is 0 Å². The molecule has 136 valence electrons. The van der Waals surface area contributed by atoms with Crippen molar-refractivity contribution in [2.45, 2.75) is 10.8 Å². The maximum Gasteiger partial charge on any atom is 0.352 e. The van der Waals surface area contributed by atoms with Crippen LogP contribution in [0, 0.1) is 10.1 Å². The van der Waals surface area contributed by atoms with Crippen molar-refractivity contribution in [1.82, 2.24) is 4.90 Å². The first kappa shape index (κ1) is 18.1. The third-order valence-electron chi connectivity index (χ3n) is 4.03. The molecule has 1 saturated heterocycles. The molecule has 2 aliphatic heterocycles. The summed E-state index contributed by atoms with van der Waals surface area (Å²) in [5.74, 6) is -2.79. The van der Waals surface area contributed by atoms with E-state index in [-0.39, 0.29) is 11.3 Å². The molecule has 1 aromatic rings. The number of non-ortho nitro benzene ring substituents is 1. The number of rotatable bonds is 4. The van der Waals surface area contributed by atoms with Crippen molar-refractivity contribution >= 4 is 45.1 Å². The molecule has 2 atom stereocenters. The van der Waals surface area contributed by atoms with E-state index in [1.54, 1.807) is 0 Å². The molecule has 2 heterocycles. The maximum absolute atomic E-state index is 12.3. The molecule has 11 heteroatoms. The number of sulfone groups is 1. The number of aliphatic carboxylic acids is 1. The Kier molecular flexibility index (Phi) is 4.32. The minimum absolute atomic E-state index is 0.0657. The number of amides is 1. The van der Waals surface area contributed by atoms with Gasteiger partial charge in [-0.05, 0) is 23.3 Å². The van der Waals surface area contributed by atoms with Gasteiger partial charge in [0.15, 0.2) is 15.2 Å². The van der Waals surface area contributed by atoms with E-state index in [0.717, 1.165) is 0 Å². The first-order chi connectivity index (χ1) is 12.1. The van der Waals surface area contributed by atoms with Crippen LogP contribution < -0.4 is 0 Å². The van der Waals surface area contributed by atoms with Crippen molar-refractivity contribution in [3.63, 3.8) is 0 Å². The quantitative estimate of drug-likeness (QED) is 0.348. The predicted molar refractivity (Wildman–Crippen MR) is 90.9 cm³/mol. The van der Waals surface area contributed by atoms with Gasteiger partial charge in [0, 0.05) is 12.1 Å². The molecule has 0 aliphatic carbocycles. The number of halogens is 1. The fraction of sp³-hybridized carbons (Fsp3) is 0.200. The largest absolute Gasteiger partial charge is 0.477 e. The summed E-state index contributed by atoms with van der Waals surface area (Å²) in [4.78, 5) is 34.2. The van der Waals surface area contributed by atoms with Crippen molar-refractivity contribution in [2.24, 2.45) is 0 Å². The number of nitro benzene ring substituents is 1. The second-order valence-electron chi connectivity index (χ2n) is 5.67. The summed E-state index contributed by atoms with van der Waals surface area (Å²) in [6.45, 7) is 0. The van der Waals surface area contributed by atoms with Gasteiger partial charge in [0.2, 0.25) is 5.91 Å². The summed E-state index contributed by atoms with van der Waals surface area (Å²) in [5.41, 5.74) is -0.110. The number of hydrogen-bond acceptors (Lipinski definition) is 6. The molecule has 1 amide bonds. The van der Waals surface area contributed by atoms with Crippen LogP contribution in [0.2, 0.25) is 0 Å². The molecule has 0 aromatic heterocycles. The van der Waals surface area contributed by atoms with Gasteiger partial charge < -0.3 is 5.11 Å². The Morgan fingerprint density at radius 2 is 1.92 bits per heavy atom. The number of nitrogens with zero attached hydrogens (tertiary/aromatic N) is 2. The second kappa shape index (κ2) is 6.22. The fourth-order valence-electron chi connectivity index (χ4n) is 2.81. The molecule has 0 bridgehead atoms. The highest BCUT2D eigenvalue weighted by molar-refractivity contribution is 7.92. The topological polar surface area (TPSA) is 135 Å². The lowest BCUT2D eigenvalue weighted by molar-refractivity contribution is -0.384. The smallest absolute Gasteiger partial charge is 0.352 e. The van der Waals surface area contributed by atoms with Crippen LogP contribution in [0.25, 0.3) is 6.08 Å². The third-order valence-corrected chi connectivity index (χ3v) is 6.54. The number of carbonyl (C=O) groups excluding carboxylic acids is 1. The van der Waals surface area contributed by atoms with Gasteiger partial charge in [0.25, 0.3) is 5.69 Å². The van der Waals surface area contributed by atoms with Gasteiger partial charge in [-0.2, -0.15) is 0 Å². The average Bonchev–Trinajstić information content (AvgIpc) is 2.57. The lowest BCUT2D eigenvalue weighted by atomic mass is 10.1. The van der Waals surface area contributed by atoms with Crippen LogP contribution >= 0.6 is 11.6 Å². The molecule has 3 rings (SSSR count). The van der Waals surface area contributed by atoms with Crippen LogP contribution in [-0.4, -0.2) is 51.7 Å². The highest BCUT2D eigenvalue weighted by Gasteiger charge is 2.59. The molecule has 2 aliphatic rings. The van der Waals surface area contributed by atoms with Crippen LogP contribution in [-0.2, 0) is 19.4 Å². The first-order valence-corrected chi connectivity index (χ1v) is 9.36. The number of benzene rings is 1. The van der Waals surface area contributed by atoms with Gasteiger partial charge in [0.05, 0.1) is 10.7 Å². The molecule has 0 unspecified atom stereocenters. The monoisotopic (exact) mass is 398 g/mol. The fourth-order valence-corrected chi connectivity index (χ4v) is 5.34. The Balaban J connectivity index is 1.99. The molecule has 1 aromatic carbocycles. The Morgan fingerprint density at radius 1 is 1.31 bits per heavy atom. The van der Waals surface area contributed by atoms with Crippen molar-refractivity contribution in [1.29, 1.82) is 0 Å². The second-order valence-corrected chi connectivity index (χ2v) is 8.24. The van der Waals surface area contributed by atoms with Crippen LogP contribution in [0.1, 0.15) is 5.56 Å². The summed E-state index contributed by atoms with van der Waals surface area (Å²) in [5, 5.41) is 17.4. The molecule has 0 spiro atoms. The van der Waals surface area contributed by atoms with E-state index in [0.29, 0.717) is 10.5 Å². The summed E-state index contributed by atoms with van der Waals surface area (Å²) >= 11 is 5.73. The Bertz CT molecular complexity index is 982. The van der Waals surface area contributed by atoms with Gasteiger partial charge in [-0.25, -0.2) is 13.2 Å². The van der Waals surface area contributed by atoms with Gasteiger partial charge in [-0.3, -0.25) is 19.8 Å². The van der Waals surface area contributed by atoms with E-state index in [9.17, 15) is 33.2 Å². The Hall–Kier alpha value is -2.72. The molecule has 1 fully saturated rings. The lowest BCUT2D eigenvalue weighted by Crippen LogP contribution is -2.68. The van der Waals surface area contributed by atoms with Gasteiger partial charge >= 0.3 is 5.97 Å². The summed E-state index contributed by atoms with van der Waals surface area (Å²) < 4.78 is 24.6. The Labute approximate surface area is 152 Å². The normalized spacial score (nSPS) is 24.3. The zero-order chi connectivity index (χ0) is 19.2. The maximum atomic E-state index is 12.3. The van der Waals surface area contributed by atoms with Crippen LogP contribution in [0.5, 0.6) is 0 Å². The van der Waals surface area contributed by atoms with E-state index in [4.69, 9.17) is 11.6 Å². The molecular weight excluding hydrogens is 388 g/mol. The lowest BCUT2D eigenvalue weighted by Gasteiger charge is -2.46. The van der Waals surface area contributed by atoms with Crippen molar-refractivity contribution in [2.75, 3.05) is 5.75 Å². The van der Waals surface area contributed by atoms with Crippen molar-refractivity contribution in [3.05, 3.63) is 57.3 Å². The average molecular weight is 399 g/mol. The van der Waals surface area contributed by atoms with E-state index in [1.165, 1.54) is 36.4 Å². The predicted octanol–water partition coefficient (Wildman–Crippen LogP) is 1.15. The minimum atomic E-state index is -3.83. The molecular formula is C15H11ClN2O7S. The van der Waals surface area contributed by atoms with Gasteiger partial charge in [-0.1, -0.05) is 12.2 Å². The SMILES string of the molecule is O=C(O)C1=C(C=Cc2ccc([N+](=O)[O-])cc2)CS(=O)(=O)[C@@H]2[C@@H](Cl)C(=O)N12. The molecule has 0 radical (unpaired) electrons. The minimum Gasteiger partial charge on any atom is -0.477 e. The zero-order valence-corrected chi connectivity index (χ0v) is 14.5. The van der Waals surface area contributed by atoms with E-state index in [1.807, 2.05) is 0 Å². The van der Waals surface area contributed by atoms with E-state index < -0.39 is 48.8 Å². The number of β-lactam (4-membered cyclic amide) rings is 1. The number of carboxylic acids is 1. The van der Waals surface area contributed by atoms with E-state index in [2.05, 4.69) is 0 Å². The third kappa shape index (κ3) is 2.86. The zero-order valence-electron chi connectivity index (χ0n) is 12.9. The summed E-state index contributed by atoms with van der Waals surface area (Å²) in [7, 11) is -3.83. The molecule has 9 nitrogen and oxygen atoms in total. The molecule has 0 saturated carbocycles. The first-order valence-electron chi connectivity index (χ1n) is 7.21. The highest BCUT2D eigenvalue weighted by Crippen LogP contribution is 2.39. The number of alkyl halides is 1. The Morgan fingerprint density at radius 3 is 2.46 bits per heavy atom. The number of carboxylic acid groups (broad SMARTS) is 1. The number of allylic oxidation sites excluding steroid dienone is 1.